The van der Waals surface area contributed by atoms with Crippen molar-refractivity contribution >= 4 is 23.7 Å². The summed E-state index contributed by atoms with van der Waals surface area (Å²) in [4.78, 5) is 43.9. The van der Waals surface area contributed by atoms with Gasteiger partial charge in [-0.2, -0.15) is 0 Å². The number of benzene rings is 1. The molecular weight excluding hydrogens is 417 g/mol. The summed E-state index contributed by atoms with van der Waals surface area (Å²) < 4.78 is 18.6. The van der Waals surface area contributed by atoms with Crippen LogP contribution in [-0.4, -0.2) is 52.7 Å². The van der Waals surface area contributed by atoms with Crippen molar-refractivity contribution in [2.75, 3.05) is 18.6 Å². The first-order chi connectivity index (χ1) is 15.0. The Balaban J connectivity index is 2.09. The topological polar surface area (TPSA) is 100 Å². The molecule has 0 radical (unpaired) electrons. The van der Waals surface area contributed by atoms with Crippen LogP contribution in [0.25, 0.3) is 0 Å². The van der Waals surface area contributed by atoms with Crippen molar-refractivity contribution in [1.29, 1.82) is 0 Å². The second kappa shape index (κ2) is 8.94. The van der Waals surface area contributed by atoms with Gasteiger partial charge in [0, 0.05) is 24.0 Å². The largest absolute Gasteiger partial charge is 0.479 e. The van der Waals surface area contributed by atoms with Crippen molar-refractivity contribution in [2.45, 2.75) is 44.7 Å². The number of carbonyl (C=O) groups is 3. The molecule has 1 aliphatic rings. The molecule has 1 aromatic carbocycles. The van der Waals surface area contributed by atoms with Gasteiger partial charge in [-0.1, -0.05) is 32.9 Å². The minimum atomic E-state index is -1.55. The number of aliphatic carboxylic acids is 1. The predicted molar refractivity (Wildman–Crippen MR) is 115 cm³/mol. The summed E-state index contributed by atoms with van der Waals surface area (Å²) in [6.07, 6.45) is 2.57. The van der Waals surface area contributed by atoms with Crippen LogP contribution in [0.3, 0.4) is 0 Å². The zero-order chi connectivity index (χ0) is 23.6. The normalized spacial score (nSPS) is 16.7. The van der Waals surface area contributed by atoms with Crippen LogP contribution in [0.2, 0.25) is 0 Å². The van der Waals surface area contributed by atoms with Gasteiger partial charge in [-0.05, 0) is 35.6 Å². The quantitative estimate of drug-likeness (QED) is 0.710. The van der Waals surface area contributed by atoms with Gasteiger partial charge in [-0.3, -0.25) is 9.88 Å². The molecule has 1 fully saturated rings. The first-order valence-electron chi connectivity index (χ1n) is 10.2. The lowest BCUT2D eigenvalue weighted by Gasteiger charge is -2.43. The molecule has 1 aliphatic heterocycles. The van der Waals surface area contributed by atoms with Gasteiger partial charge >= 0.3 is 18.0 Å². The Morgan fingerprint density at radius 2 is 1.88 bits per heavy atom. The summed E-state index contributed by atoms with van der Waals surface area (Å²) in [6, 6.07) is 4.91. The Hall–Kier alpha value is -3.49. The van der Waals surface area contributed by atoms with Crippen LogP contribution in [0, 0.1) is 5.82 Å². The van der Waals surface area contributed by atoms with Crippen molar-refractivity contribution in [3.8, 4) is 0 Å². The molecular formula is C23H26FN3O5. The average Bonchev–Trinajstić information content (AvgIpc) is 2.70. The fourth-order valence-corrected chi connectivity index (χ4v) is 3.61. The summed E-state index contributed by atoms with van der Waals surface area (Å²) in [5, 5.41) is 10.0. The molecule has 0 bridgehead atoms. The van der Waals surface area contributed by atoms with E-state index in [4.69, 9.17) is 4.74 Å². The number of aromatic nitrogens is 1. The molecule has 170 valence electrons. The first-order valence-corrected chi connectivity index (χ1v) is 10.2. The van der Waals surface area contributed by atoms with E-state index in [-0.39, 0.29) is 17.5 Å². The molecule has 1 saturated heterocycles. The third-order valence-electron chi connectivity index (χ3n) is 5.49. The average molecular weight is 443 g/mol. The summed E-state index contributed by atoms with van der Waals surface area (Å²) in [5.41, 5.74) is 1.14. The van der Waals surface area contributed by atoms with Gasteiger partial charge in [0.25, 0.3) is 0 Å². The number of nitrogens with zero attached hydrogens (tertiary/aromatic N) is 3. The smallest absolute Gasteiger partial charge is 0.331 e. The molecule has 2 atom stereocenters. The third-order valence-corrected chi connectivity index (χ3v) is 5.49. The van der Waals surface area contributed by atoms with Crippen molar-refractivity contribution < 1.29 is 28.6 Å². The number of hydrogen-bond acceptors (Lipinski definition) is 5. The summed E-state index contributed by atoms with van der Waals surface area (Å²) in [5.74, 6) is -2.66. The standard InChI is InChI=1S/C23H26FN3O5/c1-23(2,3)15-5-7-17(8-6-15)27(22(31)26-10-9-18(26)21(30)32-4)19(20(28)29)14-11-16(24)13-25-12-14/h5-8,11-13,18-19H,9-10H2,1-4H3,(H,28,29). The number of hydrogen-bond donors (Lipinski definition) is 1. The van der Waals surface area contributed by atoms with Gasteiger partial charge in [-0.15, -0.1) is 0 Å². The van der Waals surface area contributed by atoms with Crippen LogP contribution in [-0.2, 0) is 19.7 Å². The van der Waals surface area contributed by atoms with E-state index in [9.17, 15) is 23.9 Å². The lowest BCUT2D eigenvalue weighted by molar-refractivity contribution is -0.149. The van der Waals surface area contributed by atoms with E-state index < -0.39 is 35.9 Å². The van der Waals surface area contributed by atoms with Crippen LogP contribution in [0.5, 0.6) is 0 Å². The van der Waals surface area contributed by atoms with E-state index in [0.29, 0.717) is 12.1 Å². The molecule has 0 saturated carbocycles. The number of urea groups is 1. The Kier molecular flexibility index (Phi) is 6.47. The van der Waals surface area contributed by atoms with E-state index in [1.54, 1.807) is 12.1 Å². The van der Waals surface area contributed by atoms with Crippen molar-refractivity contribution in [2.24, 2.45) is 0 Å². The van der Waals surface area contributed by atoms with Crippen molar-refractivity contribution in [3.63, 3.8) is 0 Å². The van der Waals surface area contributed by atoms with Crippen LogP contribution in [0.1, 0.15) is 44.4 Å². The highest BCUT2D eigenvalue weighted by Crippen LogP contribution is 2.33. The number of carbonyl (C=O) groups excluding carboxylic acids is 2. The second-order valence-electron chi connectivity index (χ2n) is 8.65. The number of halogens is 1. The molecule has 2 unspecified atom stereocenters. The van der Waals surface area contributed by atoms with Gasteiger partial charge in [0.15, 0.2) is 6.04 Å². The lowest BCUT2D eigenvalue weighted by Crippen LogP contribution is -2.60. The Morgan fingerprint density at radius 1 is 1.22 bits per heavy atom. The molecule has 2 aromatic rings. The number of amides is 2. The van der Waals surface area contributed by atoms with E-state index in [1.165, 1.54) is 18.2 Å². The maximum atomic E-state index is 13.9. The Labute approximate surface area is 185 Å². The van der Waals surface area contributed by atoms with Crippen LogP contribution < -0.4 is 4.90 Å². The number of esters is 1. The molecule has 32 heavy (non-hydrogen) atoms. The zero-order valence-electron chi connectivity index (χ0n) is 18.4. The van der Waals surface area contributed by atoms with E-state index in [1.807, 2.05) is 32.9 Å². The van der Waals surface area contributed by atoms with Gasteiger partial charge in [-0.25, -0.2) is 18.8 Å². The molecule has 2 heterocycles. The van der Waals surface area contributed by atoms with E-state index in [2.05, 4.69) is 4.98 Å². The number of methoxy groups -OCH3 is 1. The van der Waals surface area contributed by atoms with Crippen LogP contribution >= 0.6 is 0 Å². The highest BCUT2D eigenvalue weighted by molar-refractivity contribution is 6.00. The predicted octanol–water partition coefficient (Wildman–Crippen LogP) is 3.52. The fraction of sp³-hybridized carbons (Fsp3) is 0.391. The van der Waals surface area contributed by atoms with E-state index >= 15 is 0 Å². The minimum Gasteiger partial charge on any atom is -0.479 e. The number of carboxylic acid groups (broad SMARTS) is 1. The van der Waals surface area contributed by atoms with Gasteiger partial charge in [0.2, 0.25) is 0 Å². The fourth-order valence-electron chi connectivity index (χ4n) is 3.61. The number of likely N-dealkylation sites (tertiary alicyclic amines) is 1. The lowest BCUT2D eigenvalue weighted by atomic mass is 9.87. The number of rotatable bonds is 5. The molecule has 3 rings (SSSR count). The first kappa shape index (κ1) is 23.2. The summed E-state index contributed by atoms with van der Waals surface area (Å²) in [6.45, 7) is 6.36. The highest BCUT2D eigenvalue weighted by Gasteiger charge is 2.44. The Morgan fingerprint density at radius 3 is 2.34 bits per heavy atom. The molecule has 1 N–H and O–H groups in total. The number of anilines is 1. The van der Waals surface area contributed by atoms with Crippen LogP contribution in [0.4, 0.5) is 14.9 Å². The monoisotopic (exact) mass is 443 g/mol. The third kappa shape index (κ3) is 4.56. The maximum absolute atomic E-state index is 13.9. The Bertz CT molecular complexity index is 1020. The molecule has 0 aliphatic carbocycles. The zero-order valence-corrected chi connectivity index (χ0v) is 18.4. The van der Waals surface area contributed by atoms with Gasteiger partial charge in [0.05, 0.1) is 13.3 Å². The summed E-state index contributed by atoms with van der Waals surface area (Å²) in [7, 11) is 1.23. The van der Waals surface area contributed by atoms with Crippen molar-refractivity contribution in [3.05, 3.63) is 59.7 Å². The number of carboxylic acids is 1. The van der Waals surface area contributed by atoms with E-state index in [0.717, 1.165) is 22.7 Å². The molecule has 2 amide bonds. The van der Waals surface area contributed by atoms with Crippen LogP contribution in [0.15, 0.2) is 42.7 Å². The number of ether oxygens (including phenoxy) is 1. The second-order valence-corrected chi connectivity index (χ2v) is 8.65. The summed E-state index contributed by atoms with van der Waals surface area (Å²) >= 11 is 0. The molecule has 8 nitrogen and oxygen atoms in total. The van der Waals surface area contributed by atoms with Crippen molar-refractivity contribution in [1.82, 2.24) is 9.88 Å². The molecule has 0 spiro atoms. The minimum absolute atomic E-state index is 0.000824. The maximum Gasteiger partial charge on any atom is 0.331 e. The van der Waals surface area contributed by atoms with Gasteiger partial charge in [0.1, 0.15) is 11.9 Å². The SMILES string of the molecule is COC(=O)C1CCN1C(=O)N(c1ccc(C(C)(C)C)cc1)C(C(=O)O)c1cncc(F)c1. The number of pyridine rings is 1. The molecule has 1 aromatic heterocycles. The molecule has 9 heteroatoms. The highest BCUT2D eigenvalue weighted by atomic mass is 19.1. The van der Waals surface area contributed by atoms with Gasteiger partial charge < -0.3 is 14.7 Å².